The molecule has 1 aliphatic heterocycles. The third kappa shape index (κ3) is 2.31. The number of fused-ring (bicyclic) bond motifs is 1. The van der Waals surface area contributed by atoms with Crippen LogP contribution >= 0.6 is 0 Å². The zero-order chi connectivity index (χ0) is 14.3. The highest BCUT2D eigenvalue weighted by atomic mass is 19.4. The molecule has 1 aromatic heterocycles. The number of alkyl halides is 3. The standard InChI is InChI=1S/C14H14F3N3/c15-14(16,17)10-4-1-3-9(7-10)12-8-20-6-2-5-11(18)13(20)19-12/h1,3-4,7-8,11H,2,5-6,18H2. The maximum absolute atomic E-state index is 12.7. The average Bonchev–Trinajstić information content (AvgIpc) is 2.83. The first-order chi connectivity index (χ1) is 9.45. The molecule has 0 fully saturated rings. The van der Waals surface area contributed by atoms with Gasteiger partial charge in [-0.2, -0.15) is 13.2 Å². The summed E-state index contributed by atoms with van der Waals surface area (Å²) < 4.78 is 40.1. The van der Waals surface area contributed by atoms with Crippen LogP contribution in [0, 0.1) is 0 Å². The van der Waals surface area contributed by atoms with Gasteiger partial charge in [0, 0.05) is 18.3 Å². The summed E-state index contributed by atoms with van der Waals surface area (Å²) in [5.74, 6) is 0.753. The molecule has 2 heterocycles. The molecule has 0 saturated heterocycles. The molecule has 0 bridgehead atoms. The lowest BCUT2D eigenvalue weighted by Crippen LogP contribution is -2.21. The predicted molar refractivity (Wildman–Crippen MR) is 68.8 cm³/mol. The van der Waals surface area contributed by atoms with Crippen LogP contribution in [0.15, 0.2) is 30.5 Å². The molecule has 3 nitrogen and oxygen atoms in total. The lowest BCUT2D eigenvalue weighted by atomic mass is 10.1. The van der Waals surface area contributed by atoms with Crippen LogP contribution in [0.1, 0.15) is 30.3 Å². The predicted octanol–water partition coefficient (Wildman–Crippen LogP) is 3.36. The van der Waals surface area contributed by atoms with E-state index >= 15 is 0 Å². The van der Waals surface area contributed by atoms with Crippen molar-refractivity contribution in [1.82, 2.24) is 9.55 Å². The Morgan fingerprint density at radius 1 is 1.30 bits per heavy atom. The number of rotatable bonds is 1. The Hall–Kier alpha value is -1.82. The molecule has 1 aromatic carbocycles. The first kappa shape index (κ1) is 13.2. The molecule has 0 spiro atoms. The Morgan fingerprint density at radius 3 is 2.80 bits per heavy atom. The zero-order valence-corrected chi connectivity index (χ0v) is 10.7. The van der Waals surface area contributed by atoms with Crippen molar-refractivity contribution in [2.75, 3.05) is 0 Å². The second kappa shape index (κ2) is 4.63. The summed E-state index contributed by atoms with van der Waals surface area (Å²) in [6.45, 7) is 0.814. The van der Waals surface area contributed by atoms with E-state index in [0.717, 1.165) is 37.3 Å². The van der Waals surface area contributed by atoms with E-state index in [1.165, 1.54) is 6.07 Å². The Bertz CT molecular complexity index is 631. The number of aromatic nitrogens is 2. The molecule has 20 heavy (non-hydrogen) atoms. The Kier molecular flexibility index (Phi) is 3.05. The van der Waals surface area contributed by atoms with Gasteiger partial charge in [-0.1, -0.05) is 12.1 Å². The molecule has 2 aromatic rings. The smallest absolute Gasteiger partial charge is 0.333 e. The van der Waals surface area contributed by atoms with Crippen LogP contribution in [-0.4, -0.2) is 9.55 Å². The van der Waals surface area contributed by atoms with Crippen molar-refractivity contribution in [3.05, 3.63) is 41.9 Å². The first-order valence-corrected chi connectivity index (χ1v) is 6.45. The molecule has 2 N–H and O–H groups in total. The second-order valence-corrected chi connectivity index (χ2v) is 5.01. The van der Waals surface area contributed by atoms with Gasteiger partial charge in [-0.05, 0) is 25.0 Å². The fourth-order valence-corrected chi connectivity index (χ4v) is 2.51. The fourth-order valence-electron chi connectivity index (χ4n) is 2.51. The molecule has 0 radical (unpaired) electrons. The summed E-state index contributed by atoms with van der Waals surface area (Å²) in [6, 6.07) is 5.08. The monoisotopic (exact) mass is 281 g/mol. The lowest BCUT2D eigenvalue weighted by molar-refractivity contribution is -0.137. The van der Waals surface area contributed by atoms with Gasteiger partial charge < -0.3 is 10.3 Å². The average molecular weight is 281 g/mol. The van der Waals surface area contributed by atoms with Gasteiger partial charge in [0.05, 0.1) is 17.3 Å². The third-order valence-electron chi connectivity index (χ3n) is 3.54. The summed E-state index contributed by atoms with van der Waals surface area (Å²) in [7, 11) is 0. The minimum Gasteiger partial charge on any atom is -0.333 e. The molecule has 0 amide bonds. The quantitative estimate of drug-likeness (QED) is 0.871. The maximum Gasteiger partial charge on any atom is 0.416 e. The van der Waals surface area contributed by atoms with E-state index in [9.17, 15) is 13.2 Å². The number of hydrogen-bond donors (Lipinski definition) is 1. The fraction of sp³-hybridized carbons (Fsp3) is 0.357. The summed E-state index contributed by atoms with van der Waals surface area (Å²) >= 11 is 0. The van der Waals surface area contributed by atoms with Gasteiger partial charge in [0.2, 0.25) is 0 Å². The van der Waals surface area contributed by atoms with E-state index in [-0.39, 0.29) is 6.04 Å². The van der Waals surface area contributed by atoms with Gasteiger partial charge in [-0.3, -0.25) is 0 Å². The van der Waals surface area contributed by atoms with Gasteiger partial charge in [0.15, 0.2) is 0 Å². The normalized spacial score (nSPS) is 18.9. The second-order valence-electron chi connectivity index (χ2n) is 5.01. The molecular weight excluding hydrogens is 267 g/mol. The van der Waals surface area contributed by atoms with Crippen molar-refractivity contribution in [2.45, 2.75) is 31.6 Å². The molecule has 106 valence electrons. The van der Waals surface area contributed by atoms with Crippen LogP contribution in [0.25, 0.3) is 11.3 Å². The van der Waals surface area contributed by atoms with Gasteiger partial charge in [-0.15, -0.1) is 0 Å². The zero-order valence-electron chi connectivity index (χ0n) is 10.7. The lowest BCUT2D eigenvalue weighted by Gasteiger charge is -2.19. The van der Waals surface area contributed by atoms with Crippen molar-refractivity contribution in [1.29, 1.82) is 0 Å². The SMILES string of the molecule is NC1CCCn2cc(-c3cccc(C(F)(F)F)c3)nc21. The maximum atomic E-state index is 12.7. The molecular formula is C14H14F3N3. The number of imidazole rings is 1. The van der Waals surface area contributed by atoms with E-state index in [1.807, 2.05) is 4.57 Å². The summed E-state index contributed by atoms with van der Waals surface area (Å²) in [4.78, 5) is 4.40. The highest BCUT2D eigenvalue weighted by Gasteiger charge is 2.30. The van der Waals surface area contributed by atoms with E-state index in [4.69, 9.17) is 5.73 Å². The highest BCUT2D eigenvalue weighted by Crippen LogP contribution is 2.33. The molecule has 0 saturated carbocycles. The topological polar surface area (TPSA) is 43.8 Å². The van der Waals surface area contributed by atoms with E-state index in [1.54, 1.807) is 12.3 Å². The minimum atomic E-state index is -4.34. The molecule has 1 atom stereocenters. The first-order valence-electron chi connectivity index (χ1n) is 6.45. The summed E-state index contributed by atoms with van der Waals surface area (Å²) in [5, 5.41) is 0. The Labute approximate surface area is 114 Å². The van der Waals surface area contributed by atoms with E-state index in [2.05, 4.69) is 4.98 Å². The molecule has 6 heteroatoms. The van der Waals surface area contributed by atoms with E-state index < -0.39 is 11.7 Å². The summed E-state index contributed by atoms with van der Waals surface area (Å²) in [6.07, 6.45) is -0.735. The van der Waals surface area contributed by atoms with Gasteiger partial charge in [0.1, 0.15) is 5.82 Å². The number of nitrogens with two attached hydrogens (primary N) is 1. The van der Waals surface area contributed by atoms with Crippen LogP contribution in [0.2, 0.25) is 0 Å². The number of aryl methyl sites for hydroxylation is 1. The van der Waals surface area contributed by atoms with Gasteiger partial charge in [-0.25, -0.2) is 4.98 Å². The minimum absolute atomic E-state index is 0.136. The van der Waals surface area contributed by atoms with Crippen LogP contribution in [0.5, 0.6) is 0 Å². The number of nitrogens with zero attached hydrogens (tertiary/aromatic N) is 2. The van der Waals surface area contributed by atoms with Crippen molar-refractivity contribution in [3.8, 4) is 11.3 Å². The largest absolute Gasteiger partial charge is 0.416 e. The molecule has 0 aliphatic carbocycles. The van der Waals surface area contributed by atoms with Gasteiger partial charge in [0.25, 0.3) is 0 Å². The Balaban J connectivity index is 2.02. The van der Waals surface area contributed by atoms with Crippen LogP contribution in [0.3, 0.4) is 0 Å². The highest BCUT2D eigenvalue weighted by molar-refractivity contribution is 5.60. The summed E-state index contributed by atoms with van der Waals surface area (Å²) in [5.41, 5.74) is 6.32. The van der Waals surface area contributed by atoms with Crippen molar-refractivity contribution < 1.29 is 13.2 Å². The van der Waals surface area contributed by atoms with Crippen LogP contribution < -0.4 is 5.73 Å². The Morgan fingerprint density at radius 2 is 2.10 bits per heavy atom. The van der Waals surface area contributed by atoms with Gasteiger partial charge >= 0.3 is 6.18 Å². The van der Waals surface area contributed by atoms with Crippen molar-refractivity contribution in [2.24, 2.45) is 5.73 Å². The number of benzene rings is 1. The number of halogens is 3. The molecule has 1 aliphatic rings. The van der Waals surface area contributed by atoms with Crippen molar-refractivity contribution >= 4 is 0 Å². The third-order valence-corrected chi connectivity index (χ3v) is 3.54. The molecule has 1 unspecified atom stereocenters. The molecule has 3 rings (SSSR count). The van der Waals surface area contributed by atoms with Crippen molar-refractivity contribution in [3.63, 3.8) is 0 Å². The van der Waals surface area contributed by atoms with E-state index in [0.29, 0.717) is 11.3 Å². The number of hydrogen-bond acceptors (Lipinski definition) is 2. The van der Waals surface area contributed by atoms with Crippen LogP contribution in [-0.2, 0) is 12.7 Å². The van der Waals surface area contributed by atoms with Crippen LogP contribution in [0.4, 0.5) is 13.2 Å².